The van der Waals surface area contributed by atoms with Crippen LogP contribution in [0.15, 0.2) is 23.2 Å². The lowest BCUT2D eigenvalue weighted by Gasteiger charge is -2.31. The molecule has 1 aromatic heterocycles. The number of aromatic nitrogens is 2. The van der Waals surface area contributed by atoms with Crippen molar-refractivity contribution >= 4 is 5.96 Å². The quantitative estimate of drug-likeness (QED) is 0.553. The number of nitrogens with zero attached hydrogens (tertiary/aromatic N) is 3. The van der Waals surface area contributed by atoms with Crippen molar-refractivity contribution in [3.05, 3.63) is 52.3 Å². The predicted octanol–water partition coefficient (Wildman–Crippen LogP) is 3.92. The van der Waals surface area contributed by atoms with E-state index in [4.69, 9.17) is 0 Å². The smallest absolute Gasteiger partial charge is 0.191 e. The lowest BCUT2D eigenvalue weighted by Crippen LogP contribution is -2.48. The van der Waals surface area contributed by atoms with Crippen molar-refractivity contribution in [3.63, 3.8) is 0 Å². The van der Waals surface area contributed by atoms with Crippen LogP contribution in [0.1, 0.15) is 55.1 Å². The van der Waals surface area contributed by atoms with Crippen LogP contribution in [0.2, 0.25) is 0 Å². The summed E-state index contributed by atoms with van der Waals surface area (Å²) in [7, 11) is 3.67. The van der Waals surface area contributed by atoms with E-state index >= 15 is 0 Å². The molecule has 0 aliphatic heterocycles. The van der Waals surface area contributed by atoms with Gasteiger partial charge in [0, 0.05) is 43.4 Å². The van der Waals surface area contributed by atoms with E-state index < -0.39 is 17.0 Å². The van der Waals surface area contributed by atoms with Gasteiger partial charge in [-0.1, -0.05) is 18.9 Å². The summed E-state index contributed by atoms with van der Waals surface area (Å²) in [6.07, 6.45) is 4.28. The Morgan fingerprint density at radius 2 is 1.87 bits per heavy atom. The van der Waals surface area contributed by atoms with Gasteiger partial charge in [-0.2, -0.15) is 5.10 Å². The minimum Gasteiger partial charge on any atom is -0.356 e. The second-order valence-corrected chi connectivity index (χ2v) is 8.53. The molecule has 0 saturated heterocycles. The molecule has 0 amide bonds. The first-order chi connectivity index (χ1) is 14.3. The van der Waals surface area contributed by atoms with Gasteiger partial charge < -0.3 is 10.6 Å². The van der Waals surface area contributed by atoms with Gasteiger partial charge in [-0.05, 0) is 57.7 Å². The van der Waals surface area contributed by atoms with Crippen LogP contribution < -0.4 is 10.6 Å². The number of benzene rings is 1. The molecule has 1 aliphatic carbocycles. The Hall–Kier alpha value is -2.44. The summed E-state index contributed by atoms with van der Waals surface area (Å²) in [6, 6.07) is 4.26. The molecule has 1 heterocycles. The highest BCUT2D eigenvalue weighted by Gasteiger charge is 2.40. The summed E-state index contributed by atoms with van der Waals surface area (Å²) < 4.78 is 31.0. The zero-order valence-corrected chi connectivity index (χ0v) is 18.6. The molecule has 0 spiro atoms. The summed E-state index contributed by atoms with van der Waals surface area (Å²) in [5.41, 5.74) is 3.08. The maximum absolute atomic E-state index is 14.6. The van der Waals surface area contributed by atoms with E-state index in [1.54, 1.807) is 7.05 Å². The van der Waals surface area contributed by atoms with Crippen LogP contribution in [0.25, 0.3) is 0 Å². The van der Waals surface area contributed by atoms with Crippen molar-refractivity contribution in [3.8, 4) is 0 Å². The molecule has 3 rings (SSSR count). The number of guanidine groups is 1. The highest BCUT2D eigenvalue weighted by molar-refractivity contribution is 5.80. The largest absolute Gasteiger partial charge is 0.356 e. The molecule has 2 aromatic rings. The van der Waals surface area contributed by atoms with E-state index in [2.05, 4.69) is 34.6 Å². The molecule has 1 saturated carbocycles. The molecule has 5 nitrogen and oxygen atoms in total. The van der Waals surface area contributed by atoms with Gasteiger partial charge in [-0.3, -0.25) is 9.67 Å². The number of nitrogens with one attached hydrogen (secondary N) is 2. The lowest BCUT2D eigenvalue weighted by molar-refractivity contribution is 0.385. The van der Waals surface area contributed by atoms with Crippen LogP contribution in [-0.2, 0) is 18.9 Å². The minimum absolute atomic E-state index is 0.127. The number of halogens is 2. The van der Waals surface area contributed by atoms with Gasteiger partial charge in [0.15, 0.2) is 5.96 Å². The van der Waals surface area contributed by atoms with Crippen molar-refractivity contribution in [1.82, 2.24) is 20.4 Å². The molecular weight excluding hydrogens is 384 g/mol. The van der Waals surface area contributed by atoms with Gasteiger partial charge in [0.1, 0.15) is 11.6 Å². The average molecular weight is 418 g/mol. The predicted molar refractivity (Wildman–Crippen MR) is 117 cm³/mol. The lowest BCUT2D eigenvalue weighted by atomic mass is 9.78. The average Bonchev–Trinajstić information content (AvgIpc) is 3.26. The van der Waals surface area contributed by atoms with Crippen molar-refractivity contribution in [2.75, 3.05) is 13.6 Å². The molecule has 1 aromatic carbocycles. The second-order valence-electron chi connectivity index (χ2n) is 8.53. The maximum Gasteiger partial charge on any atom is 0.191 e. The fourth-order valence-electron chi connectivity index (χ4n) is 4.72. The Morgan fingerprint density at radius 1 is 1.23 bits per heavy atom. The molecule has 7 heteroatoms. The zero-order valence-electron chi connectivity index (χ0n) is 18.6. The normalized spacial score (nSPS) is 17.2. The van der Waals surface area contributed by atoms with Gasteiger partial charge in [-0.25, -0.2) is 8.78 Å². The Kier molecular flexibility index (Phi) is 6.78. The summed E-state index contributed by atoms with van der Waals surface area (Å²) in [6.45, 7) is 6.64. The van der Waals surface area contributed by atoms with Crippen molar-refractivity contribution in [2.24, 2.45) is 12.0 Å². The number of hydrogen-bond acceptors (Lipinski definition) is 2. The van der Waals surface area contributed by atoms with Crippen LogP contribution in [0.3, 0.4) is 0 Å². The van der Waals surface area contributed by atoms with E-state index in [-0.39, 0.29) is 11.6 Å². The fourth-order valence-corrected chi connectivity index (χ4v) is 4.72. The molecule has 1 fully saturated rings. The number of aryl methyl sites for hydroxylation is 2. The number of rotatable bonds is 6. The first-order valence-corrected chi connectivity index (χ1v) is 10.7. The summed E-state index contributed by atoms with van der Waals surface area (Å²) >= 11 is 0. The summed E-state index contributed by atoms with van der Waals surface area (Å²) in [4.78, 5) is 4.34. The van der Waals surface area contributed by atoms with Gasteiger partial charge in [0.2, 0.25) is 0 Å². The van der Waals surface area contributed by atoms with E-state index in [0.29, 0.717) is 12.5 Å². The Morgan fingerprint density at radius 3 is 2.40 bits per heavy atom. The topological polar surface area (TPSA) is 54.2 Å². The third-order valence-corrected chi connectivity index (χ3v) is 6.42. The van der Waals surface area contributed by atoms with E-state index in [9.17, 15) is 8.78 Å². The fraction of sp³-hybridized carbons (Fsp3) is 0.565. The molecule has 1 atom stereocenters. The Labute approximate surface area is 178 Å². The summed E-state index contributed by atoms with van der Waals surface area (Å²) in [5, 5.41) is 11.2. The van der Waals surface area contributed by atoms with E-state index in [1.807, 2.05) is 18.7 Å². The molecule has 2 N–H and O–H groups in total. The van der Waals surface area contributed by atoms with E-state index in [1.165, 1.54) is 23.8 Å². The Balaban J connectivity index is 1.69. The third-order valence-electron chi connectivity index (χ3n) is 6.42. The van der Waals surface area contributed by atoms with Gasteiger partial charge in [-0.15, -0.1) is 0 Å². The van der Waals surface area contributed by atoms with Crippen molar-refractivity contribution in [1.29, 1.82) is 0 Å². The van der Waals surface area contributed by atoms with Gasteiger partial charge >= 0.3 is 0 Å². The highest BCUT2D eigenvalue weighted by atomic mass is 19.1. The van der Waals surface area contributed by atoms with Crippen molar-refractivity contribution < 1.29 is 8.78 Å². The van der Waals surface area contributed by atoms with Crippen LogP contribution >= 0.6 is 0 Å². The standard InChI is InChI=1S/C23H33F2N5/c1-15(13-18-16(2)29-30(5)17(18)3)28-22(26-4)27-14-23(11-6-7-12-23)21-19(24)9-8-10-20(21)25/h8-10,15H,6-7,11-14H2,1-5H3,(H2,26,27,28). The number of hydrogen-bond donors (Lipinski definition) is 2. The molecule has 30 heavy (non-hydrogen) atoms. The van der Waals surface area contributed by atoms with E-state index in [0.717, 1.165) is 43.5 Å². The summed E-state index contributed by atoms with van der Waals surface area (Å²) in [5.74, 6) is -0.278. The molecule has 0 radical (unpaired) electrons. The monoisotopic (exact) mass is 417 g/mol. The second kappa shape index (κ2) is 9.14. The molecule has 1 aliphatic rings. The molecule has 1 unspecified atom stereocenters. The van der Waals surface area contributed by atoms with Crippen LogP contribution in [-0.4, -0.2) is 35.4 Å². The van der Waals surface area contributed by atoms with Gasteiger partial charge in [0.05, 0.1) is 5.69 Å². The first kappa shape index (κ1) is 22.2. The molecular formula is C23H33F2N5. The molecule has 0 bridgehead atoms. The van der Waals surface area contributed by atoms with Crippen LogP contribution in [0.4, 0.5) is 8.78 Å². The first-order valence-electron chi connectivity index (χ1n) is 10.7. The molecule has 164 valence electrons. The maximum atomic E-state index is 14.6. The van der Waals surface area contributed by atoms with Crippen LogP contribution in [0, 0.1) is 25.5 Å². The SMILES string of the molecule is CN=C(NCC1(c2c(F)cccc2F)CCCC1)NC(C)Cc1c(C)nn(C)c1C. The van der Waals surface area contributed by atoms with Crippen molar-refractivity contribution in [2.45, 2.75) is 64.3 Å². The minimum atomic E-state index is -0.549. The Bertz CT molecular complexity index is 892. The third kappa shape index (κ3) is 4.50. The zero-order chi connectivity index (χ0) is 21.9. The highest BCUT2D eigenvalue weighted by Crippen LogP contribution is 2.42. The van der Waals surface area contributed by atoms with Crippen LogP contribution in [0.5, 0.6) is 0 Å². The number of aliphatic imine (C=N–C) groups is 1. The van der Waals surface area contributed by atoms with Gasteiger partial charge in [0.25, 0.3) is 0 Å².